The summed E-state index contributed by atoms with van der Waals surface area (Å²) in [6, 6.07) is 17.7. The average molecular weight is 453 g/mol. The number of allylic oxidation sites excluding steroid dienone is 1. The maximum absolute atomic E-state index is 12.9. The second-order valence-electron chi connectivity index (χ2n) is 8.49. The third-order valence-corrected chi connectivity index (χ3v) is 6.92. The van der Waals surface area contributed by atoms with Gasteiger partial charge in [0.15, 0.2) is 0 Å². The molecule has 0 bridgehead atoms. The van der Waals surface area contributed by atoms with Crippen molar-refractivity contribution in [2.45, 2.75) is 27.2 Å². The van der Waals surface area contributed by atoms with Gasteiger partial charge in [-0.25, -0.2) is 8.42 Å². The molecule has 0 N–H and O–H groups in total. The first-order valence-corrected chi connectivity index (χ1v) is 12.5. The Bertz CT molecular complexity index is 1060. The van der Waals surface area contributed by atoms with Crippen molar-refractivity contribution in [1.29, 1.82) is 0 Å². The molecule has 170 valence electrons. The number of ether oxygens (including phenoxy) is 1. The van der Waals surface area contributed by atoms with Crippen LogP contribution in [0.3, 0.4) is 0 Å². The second-order valence-corrected chi connectivity index (χ2v) is 10.3. The van der Waals surface area contributed by atoms with Crippen LogP contribution in [0.2, 0.25) is 0 Å². The van der Waals surface area contributed by atoms with Crippen LogP contribution in [0.4, 0.5) is 5.69 Å². The minimum Gasteiger partial charge on any atom is -0.494 e. The monoisotopic (exact) mass is 452 g/mol. The van der Waals surface area contributed by atoms with Crippen molar-refractivity contribution < 1.29 is 13.2 Å². The number of sulfonamides is 1. The average Bonchev–Trinajstić information content (AvgIpc) is 2.79. The summed E-state index contributed by atoms with van der Waals surface area (Å²) >= 11 is 0. The van der Waals surface area contributed by atoms with Gasteiger partial charge >= 0.3 is 0 Å². The Morgan fingerprint density at radius 2 is 1.66 bits per heavy atom. The molecular formula is C26H32N2O3S. The SMILES string of the molecule is CCOc1ccc(N2CCN(S(=O)(=O)/C=C/C(C)(C)CC#Cc3ccccc3)CC2)cc1. The van der Waals surface area contributed by atoms with Crippen molar-refractivity contribution in [3.05, 3.63) is 71.6 Å². The van der Waals surface area contributed by atoms with Gasteiger partial charge in [-0.2, -0.15) is 4.31 Å². The van der Waals surface area contributed by atoms with E-state index in [1.165, 1.54) is 5.41 Å². The lowest BCUT2D eigenvalue weighted by Crippen LogP contribution is -2.48. The van der Waals surface area contributed by atoms with Gasteiger partial charge < -0.3 is 9.64 Å². The number of hydrogen-bond acceptors (Lipinski definition) is 4. The molecule has 5 nitrogen and oxygen atoms in total. The van der Waals surface area contributed by atoms with Crippen LogP contribution in [0.5, 0.6) is 5.75 Å². The van der Waals surface area contributed by atoms with Crippen molar-refractivity contribution in [2.75, 3.05) is 37.7 Å². The molecule has 2 aromatic carbocycles. The van der Waals surface area contributed by atoms with Gasteiger partial charge in [-0.05, 0) is 48.7 Å². The lowest BCUT2D eigenvalue weighted by molar-refractivity contribution is 0.340. The van der Waals surface area contributed by atoms with E-state index in [0.29, 0.717) is 39.2 Å². The summed E-state index contributed by atoms with van der Waals surface area (Å²) in [5.74, 6) is 7.15. The molecule has 1 fully saturated rings. The van der Waals surface area contributed by atoms with Crippen LogP contribution >= 0.6 is 0 Å². The summed E-state index contributed by atoms with van der Waals surface area (Å²) in [5.41, 5.74) is 1.71. The lowest BCUT2D eigenvalue weighted by Gasteiger charge is -2.35. The highest BCUT2D eigenvalue weighted by Crippen LogP contribution is 2.24. The van der Waals surface area contributed by atoms with Gasteiger partial charge in [0.25, 0.3) is 0 Å². The number of benzene rings is 2. The van der Waals surface area contributed by atoms with E-state index in [4.69, 9.17) is 4.74 Å². The Kier molecular flexibility index (Phi) is 8.00. The molecule has 0 unspecified atom stereocenters. The van der Waals surface area contributed by atoms with Crippen molar-refractivity contribution in [2.24, 2.45) is 5.41 Å². The second kappa shape index (κ2) is 10.7. The Labute approximate surface area is 192 Å². The van der Waals surface area contributed by atoms with E-state index in [1.54, 1.807) is 10.4 Å². The van der Waals surface area contributed by atoms with Crippen LogP contribution in [0.25, 0.3) is 0 Å². The van der Waals surface area contributed by atoms with Gasteiger partial charge in [0, 0.05) is 49.3 Å². The first-order valence-electron chi connectivity index (χ1n) is 11.0. The molecule has 32 heavy (non-hydrogen) atoms. The van der Waals surface area contributed by atoms with Gasteiger partial charge in [0.05, 0.1) is 6.61 Å². The van der Waals surface area contributed by atoms with Gasteiger partial charge in [-0.15, -0.1) is 0 Å². The highest BCUT2D eigenvalue weighted by atomic mass is 32.2. The summed E-state index contributed by atoms with van der Waals surface area (Å²) < 4.78 is 32.8. The van der Waals surface area contributed by atoms with Gasteiger partial charge in [-0.1, -0.05) is 50.0 Å². The van der Waals surface area contributed by atoms with E-state index < -0.39 is 10.0 Å². The highest BCUT2D eigenvalue weighted by molar-refractivity contribution is 7.92. The zero-order valence-electron chi connectivity index (χ0n) is 19.1. The topological polar surface area (TPSA) is 49.9 Å². The Balaban J connectivity index is 1.55. The van der Waals surface area contributed by atoms with E-state index in [0.717, 1.165) is 17.0 Å². The zero-order valence-corrected chi connectivity index (χ0v) is 19.9. The van der Waals surface area contributed by atoms with Crippen LogP contribution in [-0.4, -0.2) is 45.5 Å². The Morgan fingerprint density at radius 3 is 2.28 bits per heavy atom. The Morgan fingerprint density at radius 1 is 1.00 bits per heavy atom. The summed E-state index contributed by atoms with van der Waals surface area (Å²) in [5, 5.41) is 1.35. The standard InChI is InChI=1S/C26H32N2O3S/c1-4-31-25-14-12-24(13-15-25)27-18-20-28(21-19-27)32(29,30)22-17-26(2,3)16-8-11-23-9-6-5-7-10-23/h5-7,9-10,12-15,17,22H,4,16,18-21H2,1-3H3/b22-17+. The molecule has 0 spiro atoms. The summed E-state index contributed by atoms with van der Waals surface area (Å²) in [6.07, 6.45) is 2.35. The van der Waals surface area contributed by atoms with Crippen molar-refractivity contribution >= 4 is 15.7 Å². The number of hydrogen-bond donors (Lipinski definition) is 0. The molecule has 1 saturated heterocycles. The first kappa shape index (κ1) is 23.9. The molecule has 6 heteroatoms. The molecule has 1 aliphatic heterocycles. The van der Waals surface area contributed by atoms with Crippen LogP contribution in [0.1, 0.15) is 32.8 Å². The molecule has 0 aromatic heterocycles. The molecule has 1 aliphatic rings. The molecule has 0 radical (unpaired) electrons. The maximum atomic E-state index is 12.9. The number of nitrogens with zero attached hydrogens (tertiary/aromatic N) is 2. The summed E-state index contributed by atoms with van der Waals surface area (Å²) in [6.45, 7) is 8.86. The lowest BCUT2D eigenvalue weighted by atomic mass is 9.90. The van der Waals surface area contributed by atoms with Crippen LogP contribution in [-0.2, 0) is 10.0 Å². The minimum absolute atomic E-state index is 0.334. The van der Waals surface area contributed by atoms with Crippen LogP contribution in [0, 0.1) is 17.3 Å². The zero-order chi connectivity index (χ0) is 23.0. The number of piperazine rings is 1. The van der Waals surface area contributed by atoms with E-state index in [9.17, 15) is 8.42 Å². The van der Waals surface area contributed by atoms with Crippen molar-refractivity contribution in [3.63, 3.8) is 0 Å². The normalized spacial score (nSPS) is 15.4. The summed E-state index contributed by atoms with van der Waals surface area (Å²) in [7, 11) is -3.46. The predicted molar refractivity (Wildman–Crippen MR) is 131 cm³/mol. The smallest absolute Gasteiger partial charge is 0.236 e. The van der Waals surface area contributed by atoms with Crippen LogP contribution < -0.4 is 9.64 Å². The quantitative estimate of drug-likeness (QED) is 0.580. The number of anilines is 1. The fourth-order valence-corrected chi connectivity index (χ4v) is 4.82. The van der Waals surface area contributed by atoms with E-state index >= 15 is 0 Å². The summed E-state index contributed by atoms with van der Waals surface area (Å²) in [4.78, 5) is 2.20. The number of rotatable bonds is 7. The van der Waals surface area contributed by atoms with E-state index in [-0.39, 0.29) is 5.41 Å². The third-order valence-electron chi connectivity index (χ3n) is 5.35. The van der Waals surface area contributed by atoms with E-state index in [1.807, 2.05) is 75.4 Å². The van der Waals surface area contributed by atoms with Gasteiger partial charge in [-0.3, -0.25) is 0 Å². The maximum Gasteiger partial charge on any atom is 0.236 e. The minimum atomic E-state index is -3.46. The molecule has 0 saturated carbocycles. The van der Waals surface area contributed by atoms with Crippen molar-refractivity contribution in [3.8, 4) is 17.6 Å². The van der Waals surface area contributed by atoms with E-state index in [2.05, 4.69) is 16.7 Å². The molecule has 0 aliphatic carbocycles. The van der Waals surface area contributed by atoms with Crippen molar-refractivity contribution in [1.82, 2.24) is 4.31 Å². The van der Waals surface area contributed by atoms with Gasteiger partial charge in [0.2, 0.25) is 10.0 Å². The fraction of sp³-hybridized carbons (Fsp3) is 0.385. The largest absolute Gasteiger partial charge is 0.494 e. The third kappa shape index (κ3) is 6.88. The fourth-order valence-electron chi connectivity index (χ4n) is 3.43. The molecule has 1 heterocycles. The van der Waals surface area contributed by atoms with Gasteiger partial charge in [0.1, 0.15) is 5.75 Å². The highest BCUT2D eigenvalue weighted by Gasteiger charge is 2.26. The molecular weight excluding hydrogens is 420 g/mol. The molecule has 0 amide bonds. The predicted octanol–water partition coefficient (Wildman–Crippen LogP) is 4.52. The molecule has 0 atom stereocenters. The van der Waals surface area contributed by atoms with Crippen LogP contribution in [0.15, 0.2) is 66.1 Å². The molecule has 2 aromatic rings. The first-order chi connectivity index (χ1) is 15.3. The Hall–Kier alpha value is -2.75. The molecule has 3 rings (SSSR count).